The Balaban J connectivity index is 1.09. The van der Waals surface area contributed by atoms with Gasteiger partial charge in [0.05, 0.1) is 5.41 Å². The minimum Gasteiger partial charge on any atom is -0.311 e. The van der Waals surface area contributed by atoms with Crippen molar-refractivity contribution in [1.82, 2.24) is 0 Å². The Labute approximate surface area is 354 Å². The van der Waals surface area contributed by atoms with Gasteiger partial charge in [0.2, 0.25) is 0 Å². The normalized spacial score (nSPS) is 17.7. The van der Waals surface area contributed by atoms with Gasteiger partial charge in [-0.25, -0.2) is 0 Å². The average Bonchev–Trinajstić information content (AvgIpc) is 3.73. The summed E-state index contributed by atoms with van der Waals surface area (Å²) in [5, 5.41) is 0. The van der Waals surface area contributed by atoms with Crippen molar-refractivity contribution in [3.8, 4) is 33.4 Å². The maximum absolute atomic E-state index is 2.55. The number of allylic oxidation sites excluding steroid dienone is 3. The Morgan fingerprint density at radius 3 is 1.55 bits per heavy atom. The standard InChI is InChI=1S/C59H47N/c1-40-37-49(39-56-57(40)52-24-14-16-26-54(52)59(56,45-19-9-5-10-20-45)46-21-11-6-12-22-46)60(48-35-36-51-50-23-13-15-25-53(50)58(2,3)55(51)38-48)47-33-31-44(32-34-47)43-29-27-42(28-30-43)41-17-7-4-8-18-41/h4-40,57H,1-3H3. The minimum absolute atomic E-state index is 0.121. The molecule has 1 heteroatoms. The molecule has 11 rings (SSSR count). The lowest BCUT2D eigenvalue weighted by Gasteiger charge is -2.39. The van der Waals surface area contributed by atoms with E-state index in [-0.39, 0.29) is 17.3 Å². The molecule has 0 N–H and O–H groups in total. The van der Waals surface area contributed by atoms with Gasteiger partial charge < -0.3 is 4.90 Å². The molecule has 3 aliphatic rings. The summed E-state index contributed by atoms with van der Waals surface area (Å²) in [5.41, 5.74) is 20.1. The van der Waals surface area contributed by atoms with Crippen LogP contribution in [0.1, 0.15) is 60.1 Å². The molecule has 0 radical (unpaired) electrons. The zero-order valence-corrected chi connectivity index (χ0v) is 34.4. The van der Waals surface area contributed by atoms with Crippen LogP contribution in [0.15, 0.2) is 230 Å². The monoisotopic (exact) mass is 769 g/mol. The second-order valence-corrected chi connectivity index (χ2v) is 17.3. The molecule has 0 aromatic heterocycles. The number of hydrogen-bond donors (Lipinski definition) is 0. The molecule has 2 unspecified atom stereocenters. The van der Waals surface area contributed by atoms with Crippen molar-refractivity contribution in [3.05, 3.63) is 263 Å². The Kier molecular flexibility index (Phi) is 8.50. The second kappa shape index (κ2) is 14.1. The summed E-state index contributed by atoms with van der Waals surface area (Å²) in [6.07, 6.45) is 5.08. The smallest absolute Gasteiger partial charge is 0.0674 e. The Morgan fingerprint density at radius 2 is 0.917 bits per heavy atom. The summed E-state index contributed by atoms with van der Waals surface area (Å²) in [7, 11) is 0. The maximum atomic E-state index is 2.55. The van der Waals surface area contributed by atoms with Crippen LogP contribution in [-0.2, 0) is 10.8 Å². The van der Waals surface area contributed by atoms with Gasteiger partial charge in [0.1, 0.15) is 0 Å². The molecule has 0 saturated carbocycles. The minimum atomic E-state index is -0.444. The number of anilines is 2. The molecule has 0 amide bonds. The van der Waals surface area contributed by atoms with Crippen molar-refractivity contribution >= 4 is 11.4 Å². The van der Waals surface area contributed by atoms with Crippen LogP contribution in [0.4, 0.5) is 11.4 Å². The lowest BCUT2D eigenvalue weighted by Crippen LogP contribution is -2.32. The first kappa shape index (κ1) is 36.1. The second-order valence-electron chi connectivity index (χ2n) is 17.3. The van der Waals surface area contributed by atoms with Crippen molar-refractivity contribution in [2.24, 2.45) is 5.92 Å². The summed E-state index contributed by atoms with van der Waals surface area (Å²) in [6.45, 7) is 7.17. The number of rotatable bonds is 7. The van der Waals surface area contributed by atoms with E-state index in [0.29, 0.717) is 0 Å². The third kappa shape index (κ3) is 5.53. The highest BCUT2D eigenvalue weighted by Gasteiger charge is 2.52. The molecule has 2 atom stereocenters. The number of nitrogens with zero attached hydrogens (tertiary/aromatic N) is 1. The van der Waals surface area contributed by atoms with E-state index in [2.05, 4.69) is 244 Å². The fourth-order valence-corrected chi connectivity index (χ4v) is 10.9. The molecular weight excluding hydrogens is 723 g/mol. The highest BCUT2D eigenvalue weighted by atomic mass is 15.1. The Hall–Kier alpha value is -6.96. The summed E-state index contributed by atoms with van der Waals surface area (Å²) in [4.78, 5) is 2.52. The van der Waals surface area contributed by atoms with Crippen molar-refractivity contribution in [1.29, 1.82) is 0 Å². The fraction of sp³-hybridized carbons (Fsp3) is 0.119. The molecule has 0 saturated heterocycles. The van der Waals surface area contributed by atoms with Gasteiger partial charge in [-0.05, 0) is 109 Å². The topological polar surface area (TPSA) is 3.24 Å². The van der Waals surface area contributed by atoms with E-state index in [1.54, 1.807) is 0 Å². The van der Waals surface area contributed by atoms with Crippen LogP contribution in [-0.4, -0.2) is 0 Å². The maximum Gasteiger partial charge on any atom is 0.0674 e. The molecule has 8 aromatic carbocycles. The molecule has 0 fully saturated rings. The highest BCUT2D eigenvalue weighted by molar-refractivity contribution is 5.85. The Morgan fingerprint density at radius 1 is 0.433 bits per heavy atom. The Bertz CT molecular complexity index is 2900. The molecule has 60 heavy (non-hydrogen) atoms. The number of fused-ring (bicyclic) bond motifs is 6. The molecule has 1 nitrogen and oxygen atoms in total. The van der Waals surface area contributed by atoms with E-state index in [9.17, 15) is 0 Å². The first-order valence-corrected chi connectivity index (χ1v) is 21.4. The van der Waals surface area contributed by atoms with Gasteiger partial charge >= 0.3 is 0 Å². The average molecular weight is 770 g/mol. The molecule has 0 heterocycles. The van der Waals surface area contributed by atoms with Crippen LogP contribution in [0.25, 0.3) is 33.4 Å². The molecule has 3 aliphatic carbocycles. The van der Waals surface area contributed by atoms with Crippen molar-refractivity contribution in [2.45, 2.75) is 37.5 Å². The van der Waals surface area contributed by atoms with E-state index >= 15 is 0 Å². The van der Waals surface area contributed by atoms with Gasteiger partial charge in [-0.1, -0.05) is 209 Å². The van der Waals surface area contributed by atoms with Gasteiger partial charge in [-0.3, -0.25) is 0 Å². The highest BCUT2D eigenvalue weighted by Crippen LogP contribution is 2.61. The van der Waals surface area contributed by atoms with Gasteiger partial charge in [0, 0.05) is 28.4 Å². The predicted octanol–water partition coefficient (Wildman–Crippen LogP) is 15.1. The zero-order valence-electron chi connectivity index (χ0n) is 34.4. The summed E-state index contributed by atoms with van der Waals surface area (Å²) < 4.78 is 0. The van der Waals surface area contributed by atoms with E-state index < -0.39 is 5.41 Å². The SMILES string of the molecule is CC1C=C(N(c2ccc(-c3ccc(-c4ccccc4)cc3)cc2)c2ccc3c(c2)C(C)(C)c2ccccc2-3)C=C2C1c1ccccc1C2(c1ccccc1)c1ccccc1. The van der Waals surface area contributed by atoms with Crippen LogP contribution in [0.2, 0.25) is 0 Å². The summed E-state index contributed by atoms with van der Waals surface area (Å²) in [6, 6.07) is 76.5. The third-order valence-corrected chi connectivity index (χ3v) is 13.7. The molecule has 8 aromatic rings. The first-order valence-electron chi connectivity index (χ1n) is 21.4. The molecule has 288 valence electrons. The van der Waals surface area contributed by atoms with E-state index in [1.165, 1.54) is 83.7 Å². The van der Waals surface area contributed by atoms with Crippen LogP contribution < -0.4 is 4.90 Å². The molecule has 0 bridgehead atoms. The van der Waals surface area contributed by atoms with Crippen molar-refractivity contribution in [3.63, 3.8) is 0 Å². The van der Waals surface area contributed by atoms with Gasteiger partial charge in [-0.2, -0.15) is 0 Å². The lowest BCUT2D eigenvalue weighted by molar-refractivity contribution is 0.578. The number of benzene rings is 8. The van der Waals surface area contributed by atoms with Crippen LogP contribution in [0, 0.1) is 5.92 Å². The fourth-order valence-electron chi connectivity index (χ4n) is 10.9. The molecule has 0 aliphatic heterocycles. The van der Waals surface area contributed by atoms with E-state index in [4.69, 9.17) is 0 Å². The lowest BCUT2D eigenvalue weighted by atomic mass is 9.65. The number of hydrogen-bond acceptors (Lipinski definition) is 1. The summed E-state index contributed by atoms with van der Waals surface area (Å²) in [5.74, 6) is 0.484. The van der Waals surface area contributed by atoms with Crippen LogP contribution in [0.3, 0.4) is 0 Å². The predicted molar refractivity (Wildman–Crippen MR) is 251 cm³/mol. The van der Waals surface area contributed by atoms with Crippen molar-refractivity contribution in [2.75, 3.05) is 4.90 Å². The van der Waals surface area contributed by atoms with Crippen LogP contribution >= 0.6 is 0 Å². The largest absolute Gasteiger partial charge is 0.311 e. The third-order valence-electron chi connectivity index (χ3n) is 13.7. The first-order chi connectivity index (χ1) is 29.4. The van der Waals surface area contributed by atoms with Crippen molar-refractivity contribution < 1.29 is 0 Å². The summed E-state index contributed by atoms with van der Waals surface area (Å²) >= 11 is 0. The van der Waals surface area contributed by atoms with E-state index in [1.807, 2.05) is 0 Å². The van der Waals surface area contributed by atoms with Gasteiger partial charge in [-0.15, -0.1) is 0 Å². The molecule has 0 spiro atoms. The quantitative estimate of drug-likeness (QED) is 0.156. The van der Waals surface area contributed by atoms with E-state index in [0.717, 1.165) is 5.69 Å². The van der Waals surface area contributed by atoms with Gasteiger partial charge in [0.25, 0.3) is 0 Å². The van der Waals surface area contributed by atoms with Gasteiger partial charge in [0.15, 0.2) is 0 Å². The zero-order chi connectivity index (χ0) is 40.4. The van der Waals surface area contributed by atoms with Crippen LogP contribution in [0.5, 0.6) is 0 Å². The molecular formula is C59H47N.